The van der Waals surface area contributed by atoms with E-state index in [0.717, 1.165) is 25.1 Å². The molecule has 1 aliphatic heterocycles. The van der Waals surface area contributed by atoms with E-state index >= 15 is 0 Å². The summed E-state index contributed by atoms with van der Waals surface area (Å²) in [6.07, 6.45) is 4.18. The van der Waals surface area contributed by atoms with Crippen LogP contribution in [0, 0.1) is 16.0 Å². The zero-order chi connectivity index (χ0) is 14.4. The van der Waals surface area contributed by atoms with Crippen molar-refractivity contribution < 1.29 is 9.72 Å². The molecule has 1 heterocycles. The molecule has 0 bridgehead atoms. The largest absolute Gasteiger partial charge is 0.352 e. The number of rotatable bonds is 5. The van der Waals surface area contributed by atoms with Gasteiger partial charge in [-0.05, 0) is 49.2 Å². The molecule has 1 fully saturated rings. The second-order valence-corrected chi connectivity index (χ2v) is 4.79. The zero-order valence-electron chi connectivity index (χ0n) is 11.0. The van der Waals surface area contributed by atoms with Gasteiger partial charge in [0.05, 0.1) is 4.92 Å². The molecule has 1 aromatic rings. The van der Waals surface area contributed by atoms with Gasteiger partial charge >= 0.3 is 0 Å². The summed E-state index contributed by atoms with van der Waals surface area (Å²) >= 11 is 0. The first-order valence-electron chi connectivity index (χ1n) is 6.56. The fraction of sp³-hybridized carbons (Fsp3) is 0.357. The molecule has 2 N–H and O–H groups in total. The van der Waals surface area contributed by atoms with Crippen molar-refractivity contribution in [2.24, 2.45) is 5.92 Å². The molecule has 20 heavy (non-hydrogen) atoms. The molecule has 0 spiro atoms. The molecule has 0 aromatic heterocycles. The predicted molar refractivity (Wildman–Crippen MR) is 76.1 cm³/mol. The minimum atomic E-state index is -0.449. The number of carbonyl (C=O) groups is 1. The van der Waals surface area contributed by atoms with E-state index in [9.17, 15) is 14.9 Å². The van der Waals surface area contributed by atoms with Gasteiger partial charge in [-0.15, -0.1) is 0 Å². The lowest BCUT2D eigenvalue weighted by Crippen LogP contribution is -2.28. The molecule has 6 nitrogen and oxygen atoms in total. The van der Waals surface area contributed by atoms with Gasteiger partial charge in [-0.2, -0.15) is 0 Å². The summed E-state index contributed by atoms with van der Waals surface area (Å²) in [4.78, 5) is 21.7. The van der Waals surface area contributed by atoms with E-state index in [1.165, 1.54) is 18.2 Å². The molecule has 1 atom stereocenters. The van der Waals surface area contributed by atoms with Gasteiger partial charge in [0.25, 0.3) is 5.69 Å². The highest BCUT2D eigenvalue weighted by Crippen LogP contribution is 2.12. The van der Waals surface area contributed by atoms with Gasteiger partial charge in [0.2, 0.25) is 5.91 Å². The van der Waals surface area contributed by atoms with Crippen LogP contribution in [0.2, 0.25) is 0 Å². The van der Waals surface area contributed by atoms with Crippen LogP contribution in [0.15, 0.2) is 30.3 Å². The Morgan fingerprint density at radius 1 is 1.45 bits per heavy atom. The Hall–Kier alpha value is -2.21. The number of hydrogen-bond donors (Lipinski definition) is 2. The predicted octanol–water partition coefficient (Wildman–Crippen LogP) is 1.33. The summed E-state index contributed by atoms with van der Waals surface area (Å²) in [6, 6.07) is 6.06. The van der Waals surface area contributed by atoms with Crippen LogP contribution in [0.25, 0.3) is 6.08 Å². The van der Waals surface area contributed by atoms with Crippen LogP contribution in [0.3, 0.4) is 0 Å². The second kappa shape index (κ2) is 6.81. The van der Waals surface area contributed by atoms with Crippen LogP contribution in [-0.2, 0) is 4.79 Å². The van der Waals surface area contributed by atoms with E-state index < -0.39 is 4.92 Å². The zero-order valence-corrected chi connectivity index (χ0v) is 11.0. The Kier molecular flexibility index (Phi) is 4.84. The third-order valence-corrected chi connectivity index (χ3v) is 3.26. The van der Waals surface area contributed by atoms with E-state index in [2.05, 4.69) is 10.6 Å². The van der Waals surface area contributed by atoms with Crippen LogP contribution < -0.4 is 10.6 Å². The molecule has 0 aliphatic carbocycles. The summed E-state index contributed by atoms with van der Waals surface area (Å²) < 4.78 is 0. The van der Waals surface area contributed by atoms with Crippen LogP contribution in [-0.4, -0.2) is 30.5 Å². The number of nitro groups is 1. The first kappa shape index (κ1) is 14.2. The first-order valence-corrected chi connectivity index (χ1v) is 6.56. The van der Waals surface area contributed by atoms with Crippen LogP contribution in [0.1, 0.15) is 12.0 Å². The van der Waals surface area contributed by atoms with Crippen molar-refractivity contribution in [1.29, 1.82) is 0 Å². The average Bonchev–Trinajstić information content (AvgIpc) is 2.96. The number of benzene rings is 1. The second-order valence-electron chi connectivity index (χ2n) is 4.79. The molecular formula is C14H17N3O3. The molecule has 106 valence electrons. The Balaban J connectivity index is 1.81. The molecule has 1 saturated heterocycles. The van der Waals surface area contributed by atoms with E-state index in [4.69, 9.17) is 0 Å². The maximum absolute atomic E-state index is 11.6. The molecule has 1 aliphatic rings. The minimum absolute atomic E-state index is 0.0420. The Bertz CT molecular complexity index is 505. The highest BCUT2D eigenvalue weighted by molar-refractivity contribution is 5.91. The molecule has 6 heteroatoms. The molecular weight excluding hydrogens is 258 g/mol. The minimum Gasteiger partial charge on any atom is -0.352 e. The fourth-order valence-corrected chi connectivity index (χ4v) is 2.07. The number of non-ortho nitro benzene ring substituents is 1. The number of carbonyl (C=O) groups excluding carboxylic acids is 1. The Morgan fingerprint density at radius 2 is 2.20 bits per heavy atom. The van der Waals surface area contributed by atoms with Gasteiger partial charge < -0.3 is 10.6 Å². The van der Waals surface area contributed by atoms with Crippen LogP contribution in [0.5, 0.6) is 0 Å². The third kappa shape index (κ3) is 4.17. The van der Waals surface area contributed by atoms with Crippen molar-refractivity contribution in [1.82, 2.24) is 10.6 Å². The fourth-order valence-electron chi connectivity index (χ4n) is 2.07. The highest BCUT2D eigenvalue weighted by atomic mass is 16.6. The summed E-state index contributed by atoms with van der Waals surface area (Å²) in [5.74, 6) is 0.363. The number of amides is 1. The monoisotopic (exact) mass is 275 g/mol. The van der Waals surface area contributed by atoms with Gasteiger partial charge in [-0.25, -0.2) is 0 Å². The summed E-state index contributed by atoms with van der Waals surface area (Å²) in [5.41, 5.74) is 0.800. The summed E-state index contributed by atoms with van der Waals surface area (Å²) in [7, 11) is 0. The average molecular weight is 275 g/mol. The lowest BCUT2D eigenvalue weighted by Gasteiger charge is -2.07. The highest BCUT2D eigenvalue weighted by Gasteiger charge is 2.14. The van der Waals surface area contributed by atoms with E-state index in [1.807, 2.05) is 0 Å². The molecule has 1 aromatic carbocycles. The quantitative estimate of drug-likeness (QED) is 0.482. The molecule has 2 rings (SSSR count). The number of nitro benzene ring substituents is 1. The number of nitrogens with one attached hydrogen (secondary N) is 2. The van der Waals surface area contributed by atoms with Gasteiger partial charge in [0.15, 0.2) is 0 Å². The summed E-state index contributed by atoms with van der Waals surface area (Å²) in [5, 5.41) is 16.6. The van der Waals surface area contributed by atoms with Gasteiger partial charge in [0.1, 0.15) is 0 Å². The van der Waals surface area contributed by atoms with Crippen molar-refractivity contribution in [2.75, 3.05) is 19.6 Å². The van der Waals surface area contributed by atoms with Crippen molar-refractivity contribution in [3.05, 3.63) is 46.0 Å². The molecule has 0 saturated carbocycles. The van der Waals surface area contributed by atoms with Crippen LogP contribution in [0.4, 0.5) is 5.69 Å². The number of nitrogens with zero attached hydrogens (tertiary/aromatic N) is 1. The van der Waals surface area contributed by atoms with Crippen molar-refractivity contribution in [3.8, 4) is 0 Å². The Morgan fingerprint density at radius 3 is 2.80 bits per heavy atom. The van der Waals surface area contributed by atoms with Gasteiger partial charge in [-0.1, -0.05) is 0 Å². The Labute approximate surface area is 117 Å². The maximum atomic E-state index is 11.6. The molecule has 0 radical (unpaired) electrons. The van der Waals surface area contributed by atoms with Crippen molar-refractivity contribution in [3.63, 3.8) is 0 Å². The topological polar surface area (TPSA) is 84.3 Å². The van der Waals surface area contributed by atoms with Gasteiger partial charge in [0, 0.05) is 24.8 Å². The van der Waals surface area contributed by atoms with Crippen molar-refractivity contribution >= 4 is 17.7 Å². The van der Waals surface area contributed by atoms with Crippen molar-refractivity contribution in [2.45, 2.75) is 6.42 Å². The maximum Gasteiger partial charge on any atom is 0.269 e. The van der Waals surface area contributed by atoms with E-state index in [-0.39, 0.29) is 11.6 Å². The molecule has 1 amide bonds. The van der Waals surface area contributed by atoms with E-state index in [0.29, 0.717) is 12.5 Å². The smallest absolute Gasteiger partial charge is 0.269 e. The number of hydrogen-bond acceptors (Lipinski definition) is 4. The lowest BCUT2D eigenvalue weighted by molar-refractivity contribution is -0.384. The SMILES string of the molecule is O=C(/C=C/c1ccc([N+](=O)[O-])cc1)NCC1CCNC1. The summed E-state index contributed by atoms with van der Waals surface area (Å²) in [6.45, 7) is 2.64. The normalized spacial score (nSPS) is 18.3. The van der Waals surface area contributed by atoms with Gasteiger partial charge in [-0.3, -0.25) is 14.9 Å². The molecule has 1 unspecified atom stereocenters. The lowest BCUT2D eigenvalue weighted by atomic mass is 10.1. The van der Waals surface area contributed by atoms with E-state index in [1.54, 1.807) is 18.2 Å². The standard InChI is InChI=1S/C14H17N3O3/c18-14(16-10-12-7-8-15-9-12)6-3-11-1-4-13(5-2-11)17(19)20/h1-6,12,15H,7-10H2,(H,16,18)/b6-3+. The van der Waals surface area contributed by atoms with Crippen LogP contribution >= 0.6 is 0 Å². The first-order chi connectivity index (χ1) is 9.65. The third-order valence-electron chi connectivity index (χ3n) is 3.26.